The molecule has 4 rings (SSSR count). The van der Waals surface area contributed by atoms with Crippen LogP contribution in [-0.4, -0.2) is 9.97 Å². The predicted molar refractivity (Wildman–Crippen MR) is 122 cm³/mol. The summed E-state index contributed by atoms with van der Waals surface area (Å²) in [5.41, 5.74) is 7.01. The van der Waals surface area contributed by atoms with E-state index in [2.05, 4.69) is 41.2 Å². The van der Waals surface area contributed by atoms with Gasteiger partial charge in [0.2, 0.25) is 0 Å². The molecule has 0 spiro atoms. The quantitative estimate of drug-likeness (QED) is 0.347. The lowest BCUT2D eigenvalue weighted by Gasteiger charge is -2.09. The molecular weight excluding hydrogens is 399 g/mol. The van der Waals surface area contributed by atoms with Crippen LogP contribution in [0.1, 0.15) is 22.4 Å². The van der Waals surface area contributed by atoms with Crippen molar-refractivity contribution in [3.63, 3.8) is 0 Å². The summed E-state index contributed by atoms with van der Waals surface area (Å²) in [6.07, 6.45) is 5.62. The number of aromatic nitrogens is 2. The molecule has 0 aliphatic heterocycles. The van der Waals surface area contributed by atoms with Gasteiger partial charge in [-0.25, -0.2) is 0 Å². The number of halogens is 2. The van der Waals surface area contributed by atoms with Crippen LogP contribution >= 0.6 is 23.2 Å². The Hall–Kier alpha value is -2.94. The molecule has 0 atom stereocenters. The van der Waals surface area contributed by atoms with Crippen LogP contribution < -0.4 is 0 Å². The van der Waals surface area contributed by atoms with E-state index in [0.717, 1.165) is 33.7 Å². The molecule has 3 aromatic carbocycles. The summed E-state index contributed by atoms with van der Waals surface area (Å²) in [6, 6.07) is 23.8. The highest BCUT2D eigenvalue weighted by atomic mass is 35.5. The molecule has 1 heterocycles. The molecule has 0 fully saturated rings. The smallest absolute Gasteiger partial charge is 0.0885 e. The minimum Gasteiger partial charge on any atom is -0.253 e. The van der Waals surface area contributed by atoms with Gasteiger partial charge in [0, 0.05) is 15.6 Å². The van der Waals surface area contributed by atoms with Crippen LogP contribution in [0.3, 0.4) is 0 Å². The molecule has 0 radical (unpaired) electrons. The number of nitrogens with zero attached hydrogens (tertiary/aromatic N) is 2. The maximum absolute atomic E-state index is 6.07. The normalized spacial score (nSPS) is 10.6. The highest BCUT2D eigenvalue weighted by Crippen LogP contribution is 2.28. The van der Waals surface area contributed by atoms with Crippen LogP contribution in [0.2, 0.25) is 10.0 Å². The summed E-state index contributed by atoms with van der Waals surface area (Å²) < 4.78 is 0. The highest BCUT2D eigenvalue weighted by Gasteiger charge is 2.07. The molecule has 0 unspecified atom stereocenters. The van der Waals surface area contributed by atoms with E-state index in [1.165, 1.54) is 5.56 Å². The van der Waals surface area contributed by atoms with Crippen molar-refractivity contribution in [3.8, 4) is 11.3 Å². The molecule has 0 aliphatic carbocycles. The molecule has 0 amide bonds. The predicted octanol–water partition coefficient (Wildman–Crippen LogP) is 7.35. The topological polar surface area (TPSA) is 25.8 Å². The molecule has 4 heteroatoms. The molecule has 2 nitrogen and oxygen atoms in total. The Morgan fingerprint density at radius 3 is 1.72 bits per heavy atom. The third-order valence-electron chi connectivity index (χ3n) is 4.62. The maximum atomic E-state index is 6.07. The van der Waals surface area contributed by atoms with Crippen molar-refractivity contribution < 1.29 is 0 Å². The third-order valence-corrected chi connectivity index (χ3v) is 5.13. The molecule has 1 aromatic heterocycles. The molecule has 0 aliphatic rings. The summed E-state index contributed by atoms with van der Waals surface area (Å²) in [5.74, 6) is 0. The third kappa shape index (κ3) is 4.73. The molecule has 0 N–H and O–H groups in total. The van der Waals surface area contributed by atoms with Gasteiger partial charge in [-0.3, -0.25) is 9.97 Å². The summed E-state index contributed by atoms with van der Waals surface area (Å²) in [4.78, 5) is 9.21. The fourth-order valence-electron chi connectivity index (χ4n) is 3.03. The largest absolute Gasteiger partial charge is 0.253 e. The van der Waals surface area contributed by atoms with E-state index < -0.39 is 0 Å². The summed E-state index contributed by atoms with van der Waals surface area (Å²) in [5, 5.41) is 1.40. The Kier molecular flexibility index (Phi) is 5.75. The minimum absolute atomic E-state index is 0.700. The number of rotatable bonds is 4. The van der Waals surface area contributed by atoms with Crippen LogP contribution in [0, 0.1) is 6.92 Å². The zero-order chi connectivity index (χ0) is 20.2. The van der Waals surface area contributed by atoms with Gasteiger partial charge >= 0.3 is 0 Å². The van der Waals surface area contributed by atoms with Gasteiger partial charge in [0.05, 0.1) is 23.8 Å². The monoisotopic (exact) mass is 416 g/mol. The van der Waals surface area contributed by atoms with E-state index in [1.54, 1.807) is 12.4 Å². The van der Waals surface area contributed by atoms with Crippen LogP contribution in [0.15, 0.2) is 85.2 Å². The Balaban J connectivity index is 1.72. The van der Waals surface area contributed by atoms with E-state index in [4.69, 9.17) is 23.2 Å². The Labute approximate surface area is 180 Å². The van der Waals surface area contributed by atoms with Gasteiger partial charge in [-0.05, 0) is 54.0 Å². The van der Waals surface area contributed by atoms with Crippen molar-refractivity contribution in [2.75, 3.05) is 0 Å². The van der Waals surface area contributed by atoms with Crippen molar-refractivity contribution in [2.45, 2.75) is 6.92 Å². The van der Waals surface area contributed by atoms with Crippen molar-refractivity contribution in [1.82, 2.24) is 9.97 Å². The lowest BCUT2D eigenvalue weighted by Crippen LogP contribution is -1.92. The van der Waals surface area contributed by atoms with Gasteiger partial charge in [0.1, 0.15) is 0 Å². The van der Waals surface area contributed by atoms with Crippen molar-refractivity contribution in [3.05, 3.63) is 118 Å². The highest BCUT2D eigenvalue weighted by molar-refractivity contribution is 6.31. The first-order valence-electron chi connectivity index (χ1n) is 9.21. The SMILES string of the molecule is Cc1ccc(-c2cnc(C=C(c3ccc(Cl)cc3)c3ccc(Cl)cc3)cn2)cc1. The van der Waals surface area contributed by atoms with Gasteiger partial charge in [-0.15, -0.1) is 0 Å². The molecule has 142 valence electrons. The van der Waals surface area contributed by atoms with Gasteiger partial charge in [0.25, 0.3) is 0 Å². The van der Waals surface area contributed by atoms with E-state index in [1.807, 2.05) is 54.6 Å². The second kappa shape index (κ2) is 8.60. The number of hydrogen-bond acceptors (Lipinski definition) is 2. The Bertz CT molecular complexity index is 1080. The van der Waals surface area contributed by atoms with Crippen molar-refractivity contribution in [2.24, 2.45) is 0 Å². The Morgan fingerprint density at radius 2 is 1.24 bits per heavy atom. The van der Waals surface area contributed by atoms with E-state index in [-0.39, 0.29) is 0 Å². The average Bonchev–Trinajstić information content (AvgIpc) is 2.75. The second-order valence-electron chi connectivity index (χ2n) is 6.76. The summed E-state index contributed by atoms with van der Waals surface area (Å²) in [6.45, 7) is 2.07. The van der Waals surface area contributed by atoms with E-state index >= 15 is 0 Å². The van der Waals surface area contributed by atoms with Gasteiger partial charge in [-0.2, -0.15) is 0 Å². The first-order chi connectivity index (χ1) is 14.1. The lowest BCUT2D eigenvalue weighted by molar-refractivity contribution is 1.18. The molecule has 29 heavy (non-hydrogen) atoms. The molecule has 0 saturated carbocycles. The van der Waals surface area contributed by atoms with E-state index in [0.29, 0.717) is 10.0 Å². The first kappa shape index (κ1) is 19.4. The summed E-state index contributed by atoms with van der Waals surface area (Å²) >= 11 is 12.1. The van der Waals surface area contributed by atoms with Crippen LogP contribution in [0.4, 0.5) is 0 Å². The molecule has 4 aromatic rings. The van der Waals surface area contributed by atoms with Crippen LogP contribution in [0.5, 0.6) is 0 Å². The number of aryl methyl sites for hydroxylation is 1. The first-order valence-corrected chi connectivity index (χ1v) is 9.97. The van der Waals surface area contributed by atoms with Crippen LogP contribution in [0.25, 0.3) is 22.9 Å². The van der Waals surface area contributed by atoms with Gasteiger partial charge < -0.3 is 0 Å². The standard InChI is InChI=1S/C25H18Cl2N2/c1-17-2-4-20(5-3-17)25-16-28-23(15-29-25)14-24(18-6-10-21(26)11-7-18)19-8-12-22(27)13-9-19/h2-16H,1H3. The van der Waals surface area contributed by atoms with Crippen molar-refractivity contribution in [1.29, 1.82) is 0 Å². The fourth-order valence-corrected chi connectivity index (χ4v) is 3.28. The van der Waals surface area contributed by atoms with Gasteiger partial charge in [-0.1, -0.05) is 77.3 Å². The molecule has 0 bridgehead atoms. The maximum Gasteiger partial charge on any atom is 0.0885 e. The summed E-state index contributed by atoms with van der Waals surface area (Å²) in [7, 11) is 0. The van der Waals surface area contributed by atoms with Crippen molar-refractivity contribution >= 4 is 34.9 Å². The Morgan fingerprint density at radius 1 is 0.690 bits per heavy atom. The minimum atomic E-state index is 0.700. The molecular formula is C25H18Cl2N2. The van der Waals surface area contributed by atoms with Gasteiger partial charge in [0.15, 0.2) is 0 Å². The second-order valence-corrected chi connectivity index (χ2v) is 7.64. The fraction of sp³-hybridized carbons (Fsp3) is 0.0400. The van der Waals surface area contributed by atoms with Crippen LogP contribution in [-0.2, 0) is 0 Å². The average molecular weight is 417 g/mol. The zero-order valence-corrected chi connectivity index (χ0v) is 17.3. The van der Waals surface area contributed by atoms with E-state index in [9.17, 15) is 0 Å². The number of benzene rings is 3. The number of hydrogen-bond donors (Lipinski definition) is 0. The molecule has 0 saturated heterocycles. The lowest BCUT2D eigenvalue weighted by atomic mass is 9.97. The zero-order valence-electron chi connectivity index (χ0n) is 15.8.